The molecular formula is C22H23NO5. The van der Waals surface area contributed by atoms with Crippen molar-refractivity contribution in [2.24, 2.45) is 4.99 Å². The normalized spacial score (nSPS) is 19.5. The number of benzene rings is 2. The molecule has 146 valence electrons. The van der Waals surface area contributed by atoms with Gasteiger partial charge in [0.25, 0.3) is 0 Å². The highest BCUT2D eigenvalue weighted by Gasteiger charge is 2.38. The van der Waals surface area contributed by atoms with Crippen LogP contribution in [0.2, 0.25) is 0 Å². The zero-order valence-corrected chi connectivity index (χ0v) is 16.1. The molecule has 0 radical (unpaired) electrons. The van der Waals surface area contributed by atoms with Crippen molar-refractivity contribution in [2.75, 3.05) is 20.8 Å². The highest BCUT2D eigenvalue weighted by atomic mass is 16.6. The molecule has 1 fully saturated rings. The number of aliphatic hydroxyl groups is 1. The molecule has 1 saturated heterocycles. The number of rotatable bonds is 6. The molecule has 6 heteroatoms. The fraction of sp³-hybridized carbons (Fsp3) is 0.273. The molecule has 2 aromatic carbocycles. The number of allylic oxidation sites excluding steroid dienone is 1. The van der Waals surface area contributed by atoms with E-state index in [9.17, 15) is 9.90 Å². The van der Waals surface area contributed by atoms with E-state index in [4.69, 9.17) is 14.2 Å². The Balaban J connectivity index is 1.85. The smallest absolute Gasteiger partial charge is 0.344 e. The van der Waals surface area contributed by atoms with E-state index in [2.05, 4.69) is 4.99 Å². The Morgan fingerprint density at radius 1 is 1.11 bits per heavy atom. The molecule has 6 nitrogen and oxygen atoms in total. The number of ether oxygens (including phenoxy) is 3. The molecule has 1 N–H and O–H groups in total. The zero-order chi connectivity index (χ0) is 20.1. The summed E-state index contributed by atoms with van der Waals surface area (Å²) < 4.78 is 16.1. The fourth-order valence-electron chi connectivity index (χ4n) is 3.15. The van der Waals surface area contributed by atoms with Gasteiger partial charge in [-0.25, -0.2) is 4.79 Å². The first-order valence-electron chi connectivity index (χ1n) is 8.96. The molecule has 2 aromatic rings. The number of hydrogen-bond acceptors (Lipinski definition) is 6. The third kappa shape index (κ3) is 4.01. The average Bonchev–Trinajstić information content (AvgIpc) is 3.04. The zero-order valence-electron chi connectivity index (χ0n) is 16.1. The van der Waals surface area contributed by atoms with Crippen molar-refractivity contribution in [3.8, 4) is 11.5 Å². The maximum Gasteiger partial charge on any atom is 0.344 e. The van der Waals surface area contributed by atoms with Gasteiger partial charge in [-0.2, -0.15) is 0 Å². The van der Waals surface area contributed by atoms with Crippen LogP contribution in [0.1, 0.15) is 24.2 Å². The molecular weight excluding hydrogens is 358 g/mol. The molecule has 0 aliphatic carbocycles. The number of methoxy groups -OCH3 is 2. The molecule has 0 spiro atoms. The van der Waals surface area contributed by atoms with Crippen LogP contribution >= 0.6 is 0 Å². The Hall–Kier alpha value is -3.28. The Kier molecular flexibility index (Phi) is 5.99. The second kappa shape index (κ2) is 8.61. The predicted molar refractivity (Wildman–Crippen MR) is 106 cm³/mol. The van der Waals surface area contributed by atoms with E-state index in [1.54, 1.807) is 14.2 Å². The Morgan fingerprint density at radius 3 is 2.46 bits per heavy atom. The average molecular weight is 381 g/mol. The van der Waals surface area contributed by atoms with Gasteiger partial charge in [-0.1, -0.05) is 36.4 Å². The maximum atomic E-state index is 12.2. The highest BCUT2D eigenvalue weighted by Crippen LogP contribution is 2.32. The second-order valence-corrected chi connectivity index (χ2v) is 6.36. The van der Waals surface area contributed by atoms with Crippen molar-refractivity contribution in [2.45, 2.75) is 19.4 Å². The van der Waals surface area contributed by atoms with Gasteiger partial charge in [0.05, 0.1) is 19.9 Å². The first kappa shape index (κ1) is 19.5. The molecule has 0 aromatic heterocycles. The van der Waals surface area contributed by atoms with Gasteiger partial charge in [-0.05, 0) is 36.6 Å². The summed E-state index contributed by atoms with van der Waals surface area (Å²) in [6.45, 7) is 1.90. The highest BCUT2D eigenvalue weighted by molar-refractivity contribution is 6.26. The standard InChI is InChI=1S/C22H23NO5/c1-14(24)19-20(21(28-22(19)25)16-7-5-4-6-8-16)23-12-11-15-9-10-17(26-2)18(13-15)27-3/h4-10,13,21,24H,11-12H2,1-3H3/t21-/m0/s1. The summed E-state index contributed by atoms with van der Waals surface area (Å²) in [6, 6.07) is 15.1. The van der Waals surface area contributed by atoms with Crippen LogP contribution in [-0.4, -0.2) is 37.6 Å². The van der Waals surface area contributed by atoms with Crippen LogP contribution in [0.25, 0.3) is 0 Å². The SMILES string of the molecule is COc1ccc(CCN=C2C(=C(C)O)C(=O)O[C@H]2c2ccccc2)cc1OC. The summed E-state index contributed by atoms with van der Waals surface area (Å²) in [5.74, 6) is 0.672. The van der Waals surface area contributed by atoms with Crippen LogP contribution in [0.3, 0.4) is 0 Å². The number of hydrogen-bond donors (Lipinski definition) is 1. The predicted octanol–water partition coefficient (Wildman–Crippen LogP) is 3.82. The minimum atomic E-state index is -0.615. The number of cyclic esters (lactones) is 1. The summed E-state index contributed by atoms with van der Waals surface area (Å²) in [4.78, 5) is 16.9. The van der Waals surface area contributed by atoms with Gasteiger partial charge in [0, 0.05) is 6.54 Å². The second-order valence-electron chi connectivity index (χ2n) is 6.36. The third-order valence-corrected chi connectivity index (χ3v) is 4.53. The van der Waals surface area contributed by atoms with Crippen LogP contribution in [0, 0.1) is 0 Å². The third-order valence-electron chi connectivity index (χ3n) is 4.53. The summed E-state index contributed by atoms with van der Waals surface area (Å²) in [7, 11) is 3.18. The van der Waals surface area contributed by atoms with E-state index in [1.807, 2.05) is 48.5 Å². The van der Waals surface area contributed by atoms with Gasteiger partial charge in [0.1, 0.15) is 11.3 Å². The van der Waals surface area contributed by atoms with Crippen molar-refractivity contribution in [3.05, 3.63) is 71.0 Å². The van der Waals surface area contributed by atoms with E-state index >= 15 is 0 Å². The summed E-state index contributed by atoms with van der Waals surface area (Å²) in [5, 5.41) is 9.97. The molecule has 1 aliphatic rings. The van der Waals surface area contributed by atoms with Crippen molar-refractivity contribution < 1.29 is 24.1 Å². The van der Waals surface area contributed by atoms with Gasteiger partial charge in [0.15, 0.2) is 17.6 Å². The number of nitrogens with zero attached hydrogens (tertiary/aromatic N) is 1. The first-order valence-corrected chi connectivity index (χ1v) is 8.96. The van der Waals surface area contributed by atoms with Gasteiger partial charge in [-0.3, -0.25) is 4.99 Å². The number of esters is 1. The fourth-order valence-corrected chi connectivity index (χ4v) is 3.15. The Bertz CT molecular complexity index is 914. The molecule has 1 atom stereocenters. The van der Waals surface area contributed by atoms with Crippen molar-refractivity contribution >= 4 is 11.7 Å². The van der Waals surface area contributed by atoms with E-state index in [0.717, 1.165) is 11.1 Å². The van der Waals surface area contributed by atoms with Crippen LogP contribution in [0.5, 0.6) is 11.5 Å². The van der Waals surface area contributed by atoms with Crippen LogP contribution in [0.15, 0.2) is 64.9 Å². The van der Waals surface area contributed by atoms with Gasteiger partial charge >= 0.3 is 5.97 Å². The molecule has 0 unspecified atom stereocenters. The number of carbonyl (C=O) groups is 1. The van der Waals surface area contributed by atoms with Crippen LogP contribution in [-0.2, 0) is 16.0 Å². The first-order chi connectivity index (χ1) is 13.5. The maximum absolute atomic E-state index is 12.2. The van der Waals surface area contributed by atoms with Gasteiger partial charge in [-0.15, -0.1) is 0 Å². The lowest BCUT2D eigenvalue weighted by Gasteiger charge is -2.11. The lowest BCUT2D eigenvalue weighted by molar-refractivity contribution is -0.138. The molecule has 0 amide bonds. The molecule has 0 bridgehead atoms. The lowest BCUT2D eigenvalue weighted by Crippen LogP contribution is -2.11. The molecule has 0 saturated carbocycles. The monoisotopic (exact) mass is 381 g/mol. The van der Waals surface area contributed by atoms with Gasteiger partial charge in [0.2, 0.25) is 0 Å². The summed E-state index contributed by atoms with van der Waals surface area (Å²) in [5.41, 5.74) is 2.43. The van der Waals surface area contributed by atoms with Crippen LogP contribution in [0.4, 0.5) is 0 Å². The van der Waals surface area contributed by atoms with E-state index in [0.29, 0.717) is 30.2 Å². The van der Waals surface area contributed by atoms with Gasteiger partial charge < -0.3 is 19.3 Å². The van der Waals surface area contributed by atoms with Crippen molar-refractivity contribution in [3.63, 3.8) is 0 Å². The van der Waals surface area contributed by atoms with E-state index in [1.165, 1.54) is 6.92 Å². The van der Waals surface area contributed by atoms with E-state index < -0.39 is 12.1 Å². The number of aliphatic imine (C=N–C) groups is 1. The quantitative estimate of drug-likeness (QED) is 0.468. The Morgan fingerprint density at radius 2 is 1.82 bits per heavy atom. The van der Waals surface area contributed by atoms with Crippen molar-refractivity contribution in [1.29, 1.82) is 0 Å². The largest absolute Gasteiger partial charge is 0.512 e. The Labute approximate surface area is 164 Å². The minimum absolute atomic E-state index is 0.0895. The van der Waals surface area contributed by atoms with Crippen LogP contribution < -0.4 is 9.47 Å². The number of carbonyl (C=O) groups excluding carboxylic acids is 1. The minimum Gasteiger partial charge on any atom is -0.512 e. The molecule has 1 aliphatic heterocycles. The molecule has 1 heterocycles. The lowest BCUT2D eigenvalue weighted by atomic mass is 10.0. The van der Waals surface area contributed by atoms with Crippen molar-refractivity contribution in [1.82, 2.24) is 0 Å². The topological polar surface area (TPSA) is 77.4 Å². The summed E-state index contributed by atoms with van der Waals surface area (Å²) >= 11 is 0. The van der Waals surface area contributed by atoms with E-state index in [-0.39, 0.29) is 11.3 Å². The molecule has 3 rings (SSSR count). The number of aliphatic hydroxyl groups excluding tert-OH is 1. The molecule has 28 heavy (non-hydrogen) atoms. The summed E-state index contributed by atoms with van der Waals surface area (Å²) in [6.07, 6.45) is 0.0216.